The highest BCUT2D eigenvalue weighted by Gasteiger charge is 2.06. The zero-order chi connectivity index (χ0) is 15.2. The van der Waals surface area contributed by atoms with Gasteiger partial charge < -0.3 is 10.5 Å². The standard InChI is InChI=1S/C13H14ClN5O2/c1-21-12-3-2-9(5-16-18-13(15)20)4-10(12)7-19-8-11(14)6-17-19/h2-6,8H,7H2,1H3,(H3,15,18,20). The summed E-state index contributed by atoms with van der Waals surface area (Å²) in [5, 5.41) is 8.41. The summed E-state index contributed by atoms with van der Waals surface area (Å²) in [5.41, 5.74) is 8.76. The number of hydrazone groups is 1. The second kappa shape index (κ2) is 6.76. The van der Waals surface area contributed by atoms with Crippen LogP contribution in [-0.2, 0) is 6.54 Å². The van der Waals surface area contributed by atoms with Gasteiger partial charge in [-0.2, -0.15) is 10.2 Å². The quantitative estimate of drug-likeness (QED) is 0.649. The van der Waals surface area contributed by atoms with Gasteiger partial charge in [0, 0.05) is 11.8 Å². The van der Waals surface area contributed by atoms with E-state index in [1.807, 2.05) is 18.2 Å². The number of nitrogens with two attached hydrogens (primary N) is 1. The number of halogens is 1. The van der Waals surface area contributed by atoms with E-state index >= 15 is 0 Å². The molecule has 21 heavy (non-hydrogen) atoms. The number of carbonyl (C=O) groups is 1. The lowest BCUT2D eigenvalue weighted by atomic mass is 10.1. The average Bonchev–Trinajstić information content (AvgIpc) is 2.84. The molecule has 2 aromatic rings. The number of rotatable bonds is 5. The molecule has 1 aromatic heterocycles. The highest BCUT2D eigenvalue weighted by atomic mass is 35.5. The van der Waals surface area contributed by atoms with Crippen LogP contribution in [0.25, 0.3) is 0 Å². The lowest BCUT2D eigenvalue weighted by molar-refractivity contribution is 0.249. The molecule has 110 valence electrons. The minimum absolute atomic E-state index is 0.501. The molecule has 8 heteroatoms. The maximum Gasteiger partial charge on any atom is 0.332 e. The molecule has 0 fully saturated rings. The van der Waals surface area contributed by atoms with Crippen LogP contribution >= 0.6 is 11.6 Å². The maximum absolute atomic E-state index is 10.6. The van der Waals surface area contributed by atoms with Crippen LogP contribution in [0.3, 0.4) is 0 Å². The monoisotopic (exact) mass is 307 g/mol. The number of methoxy groups -OCH3 is 1. The summed E-state index contributed by atoms with van der Waals surface area (Å²) in [5.74, 6) is 0.724. The maximum atomic E-state index is 10.6. The summed E-state index contributed by atoms with van der Waals surface area (Å²) in [4.78, 5) is 10.6. The first kappa shape index (κ1) is 14.9. The summed E-state index contributed by atoms with van der Waals surface area (Å²) in [7, 11) is 1.59. The van der Waals surface area contributed by atoms with Crippen molar-refractivity contribution in [3.63, 3.8) is 0 Å². The molecular formula is C13H14ClN5O2. The Morgan fingerprint density at radius 2 is 2.43 bits per heavy atom. The van der Waals surface area contributed by atoms with E-state index in [-0.39, 0.29) is 0 Å². The molecule has 0 saturated carbocycles. The normalized spacial score (nSPS) is 10.8. The van der Waals surface area contributed by atoms with E-state index in [1.165, 1.54) is 6.21 Å². The van der Waals surface area contributed by atoms with Gasteiger partial charge in [-0.1, -0.05) is 11.6 Å². The Morgan fingerprint density at radius 1 is 1.62 bits per heavy atom. The van der Waals surface area contributed by atoms with Gasteiger partial charge in [-0.05, 0) is 23.8 Å². The smallest absolute Gasteiger partial charge is 0.332 e. The van der Waals surface area contributed by atoms with Crippen LogP contribution in [0.5, 0.6) is 5.75 Å². The van der Waals surface area contributed by atoms with Gasteiger partial charge in [-0.3, -0.25) is 4.68 Å². The summed E-state index contributed by atoms with van der Waals surface area (Å²) in [6.07, 6.45) is 4.77. The molecule has 0 aliphatic carbocycles. The van der Waals surface area contributed by atoms with E-state index in [1.54, 1.807) is 24.2 Å². The molecule has 1 heterocycles. The number of carbonyl (C=O) groups excluding carboxylic acids is 1. The van der Waals surface area contributed by atoms with E-state index in [9.17, 15) is 4.79 Å². The molecule has 0 unspecified atom stereocenters. The second-order valence-electron chi connectivity index (χ2n) is 4.16. The number of nitrogens with one attached hydrogen (secondary N) is 1. The van der Waals surface area contributed by atoms with Crippen molar-refractivity contribution < 1.29 is 9.53 Å². The van der Waals surface area contributed by atoms with Crippen LogP contribution in [-0.4, -0.2) is 29.1 Å². The molecule has 2 amide bonds. The number of benzene rings is 1. The molecule has 0 bridgehead atoms. The Labute approximate surface area is 126 Å². The lowest BCUT2D eigenvalue weighted by Crippen LogP contribution is -2.24. The van der Waals surface area contributed by atoms with Crippen LogP contribution in [0.2, 0.25) is 5.02 Å². The number of primary amides is 1. The molecule has 3 N–H and O–H groups in total. The molecule has 0 saturated heterocycles. The highest BCUT2D eigenvalue weighted by molar-refractivity contribution is 6.30. The van der Waals surface area contributed by atoms with Gasteiger partial charge in [0.05, 0.1) is 31.1 Å². The van der Waals surface area contributed by atoms with Crippen LogP contribution < -0.4 is 15.9 Å². The number of nitrogens with zero attached hydrogens (tertiary/aromatic N) is 3. The van der Waals surface area contributed by atoms with Gasteiger partial charge in [0.2, 0.25) is 0 Å². The zero-order valence-electron chi connectivity index (χ0n) is 11.3. The molecule has 0 aliphatic rings. The third kappa shape index (κ3) is 4.22. The van der Waals surface area contributed by atoms with Crippen molar-refractivity contribution >= 4 is 23.8 Å². The van der Waals surface area contributed by atoms with Crippen molar-refractivity contribution in [2.75, 3.05) is 7.11 Å². The third-order valence-electron chi connectivity index (χ3n) is 2.63. The summed E-state index contributed by atoms with van der Waals surface area (Å²) >= 11 is 5.84. The number of ether oxygens (including phenoxy) is 1. The van der Waals surface area contributed by atoms with E-state index < -0.39 is 6.03 Å². The summed E-state index contributed by atoms with van der Waals surface area (Å²) in [6, 6.07) is 4.78. The fourth-order valence-corrected chi connectivity index (χ4v) is 1.93. The van der Waals surface area contributed by atoms with E-state index in [0.29, 0.717) is 11.6 Å². The minimum atomic E-state index is -0.717. The molecule has 0 aliphatic heterocycles. The summed E-state index contributed by atoms with van der Waals surface area (Å²) in [6.45, 7) is 0.501. The van der Waals surface area contributed by atoms with Gasteiger partial charge in [0.15, 0.2) is 0 Å². The third-order valence-corrected chi connectivity index (χ3v) is 2.82. The first-order chi connectivity index (χ1) is 10.1. The van der Waals surface area contributed by atoms with E-state index in [0.717, 1.165) is 16.9 Å². The van der Waals surface area contributed by atoms with Crippen LogP contribution in [0.15, 0.2) is 35.7 Å². The predicted molar refractivity (Wildman–Crippen MR) is 79.6 cm³/mol. The SMILES string of the molecule is COc1ccc(C=NNC(N)=O)cc1Cn1cc(Cl)cn1. The fourth-order valence-electron chi connectivity index (χ4n) is 1.77. The van der Waals surface area contributed by atoms with Crippen molar-refractivity contribution in [1.29, 1.82) is 0 Å². The number of amides is 2. The van der Waals surface area contributed by atoms with Crippen LogP contribution in [0, 0.1) is 0 Å². The number of hydrogen-bond donors (Lipinski definition) is 2. The fraction of sp³-hybridized carbons (Fsp3) is 0.154. The molecule has 2 rings (SSSR count). The minimum Gasteiger partial charge on any atom is -0.496 e. The zero-order valence-corrected chi connectivity index (χ0v) is 12.0. The van der Waals surface area contributed by atoms with Crippen molar-refractivity contribution in [3.8, 4) is 5.75 Å². The van der Waals surface area contributed by atoms with Crippen LogP contribution in [0.4, 0.5) is 4.79 Å². The van der Waals surface area contributed by atoms with E-state index in [4.69, 9.17) is 22.1 Å². The summed E-state index contributed by atoms with van der Waals surface area (Å²) < 4.78 is 7.01. The van der Waals surface area contributed by atoms with Crippen molar-refractivity contribution in [3.05, 3.63) is 46.7 Å². The van der Waals surface area contributed by atoms with Crippen LogP contribution in [0.1, 0.15) is 11.1 Å². The lowest BCUT2D eigenvalue weighted by Gasteiger charge is -2.09. The van der Waals surface area contributed by atoms with Crippen molar-refractivity contribution in [2.24, 2.45) is 10.8 Å². The Morgan fingerprint density at radius 3 is 3.05 bits per heavy atom. The first-order valence-corrected chi connectivity index (χ1v) is 6.39. The molecule has 7 nitrogen and oxygen atoms in total. The highest BCUT2D eigenvalue weighted by Crippen LogP contribution is 2.20. The van der Waals surface area contributed by atoms with Crippen molar-refractivity contribution in [2.45, 2.75) is 6.54 Å². The Bertz CT molecular complexity index is 668. The molecule has 0 radical (unpaired) electrons. The van der Waals surface area contributed by atoms with Gasteiger partial charge in [0.25, 0.3) is 0 Å². The molecule has 0 spiro atoms. The van der Waals surface area contributed by atoms with Crippen molar-refractivity contribution in [1.82, 2.24) is 15.2 Å². The van der Waals surface area contributed by atoms with E-state index in [2.05, 4.69) is 15.6 Å². The number of hydrogen-bond acceptors (Lipinski definition) is 4. The second-order valence-corrected chi connectivity index (χ2v) is 4.60. The van der Waals surface area contributed by atoms with Gasteiger partial charge in [0.1, 0.15) is 5.75 Å². The largest absolute Gasteiger partial charge is 0.496 e. The molecule has 1 aromatic carbocycles. The van der Waals surface area contributed by atoms with Gasteiger partial charge in [-0.15, -0.1) is 0 Å². The molecule has 0 atom stereocenters. The van der Waals surface area contributed by atoms with Gasteiger partial charge >= 0.3 is 6.03 Å². The number of urea groups is 1. The van der Waals surface area contributed by atoms with Gasteiger partial charge in [-0.25, -0.2) is 10.2 Å². The average molecular weight is 308 g/mol. The predicted octanol–water partition coefficient (Wildman–Crippen LogP) is 1.60. The Kier molecular flexibility index (Phi) is 4.78. The molecular weight excluding hydrogens is 294 g/mol. The topological polar surface area (TPSA) is 94.5 Å². The number of aromatic nitrogens is 2. The Hall–Kier alpha value is -2.54. The first-order valence-electron chi connectivity index (χ1n) is 6.02. The Balaban J connectivity index is 2.21.